The van der Waals surface area contributed by atoms with Gasteiger partial charge in [-0.05, 0) is 54.8 Å². The summed E-state index contributed by atoms with van der Waals surface area (Å²) in [5, 5.41) is 2.94. The largest absolute Gasteiger partial charge is 0.467 e. The van der Waals surface area contributed by atoms with Gasteiger partial charge in [0.05, 0.1) is 19.4 Å². The summed E-state index contributed by atoms with van der Waals surface area (Å²) in [5.41, 5.74) is 2.94. The zero-order chi connectivity index (χ0) is 23.6. The van der Waals surface area contributed by atoms with E-state index >= 15 is 0 Å². The van der Waals surface area contributed by atoms with Gasteiger partial charge in [-0.1, -0.05) is 32.4 Å². The maximum absolute atomic E-state index is 13.4. The maximum atomic E-state index is 13.4. The van der Waals surface area contributed by atoms with Crippen LogP contribution in [0, 0.1) is 0 Å². The molecule has 2 heterocycles. The molecule has 7 heteroatoms. The highest BCUT2D eigenvalue weighted by Gasteiger charge is 2.23. The van der Waals surface area contributed by atoms with Gasteiger partial charge in [0.1, 0.15) is 12.3 Å². The molecule has 3 aromatic rings. The van der Waals surface area contributed by atoms with Gasteiger partial charge in [-0.3, -0.25) is 4.79 Å². The van der Waals surface area contributed by atoms with Crippen LogP contribution in [0.15, 0.2) is 65.4 Å². The van der Waals surface area contributed by atoms with Gasteiger partial charge in [0.2, 0.25) is 5.91 Å². The second-order valence-corrected chi connectivity index (χ2v) is 8.20. The quantitative estimate of drug-likeness (QED) is 0.445. The van der Waals surface area contributed by atoms with Crippen molar-refractivity contribution >= 4 is 17.6 Å². The van der Waals surface area contributed by atoms with Crippen molar-refractivity contribution in [1.82, 2.24) is 14.4 Å². The average Bonchev–Trinajstić information content (AvgIpc) is 3.48. The molecule has 3 amide bonds. The molecule has 2 aromatic heterocycles. The Bertz CT molecular complexity index is 1010. The lowest BCUT2D eigenvalue weighted by Crippen LogP contribution is -2.44. The first-order chi connectivity index (χ1) is 16.0. The van der Waals surface area contributed by atoms with E-state index in [9.17, 15) is 9.59 Å². The van der Waals surface area contributed by atoms with Crippen molar-refractivity contribution in [2.45, 2.75) is 46.2 Å². The number of hydrogen-bond acceptors (Lipinski definition) is 3. The number of aromatic nitrogens is 1. The molecule has 176 valence electrons. The average molecular weight is 451 g/mol. The summed E-state index contributed by atoms with van der Waals surface area (Å²) in [7, 11) is 1.95. The number of benzene rings is 1. The van der Waals surface area contributed by atoms with Gasteiger partial charge >= 0.3 is 6.03 Å². The Morgan fingerprint density at radius 2 is 1.79 bits per heavy atom. The minimum absolute atomic E-state index is 0.00398. The Hall–Kier alpha value is -3.48. The highest BCUT2D eigenvalue weighted by atomic mass is 16.3. The Kier molecular flexibility index (Phi) is 8.75. The van der Waals surface area contributed by atoms with Crippen molar-refractivity contribution in [3.8, 4) is 0 Å². The molecule has 0 aliphatic heterocycles. The van der Waals surface area contributed by atoms with Crippen LogP contribution >= 0.6 is 0 Å². The lowest BCUT2D eigenvalue weighted by Gasteiger charge is -2.27. The fourth-order valence-corrected chi connectivity index (χ4v) is 3.57. The number of hydrogen-bond donors (Lipinski definition) is 1. The molecular formula is C26H34N4O3. The molecule has 7 nitrogen and oxygen atoms in total. The predicted octanol–water partition coefficient (Wildman–Crippen LogP) is 5.04. The van der Waals surface area contributed by atoms with Crippen LogP contribution < -0.4 is 5.32 Å². The van der Waals surface area contributed by atoms with E-state index in [-0.39, 0.29) is 18.5 Å². The Balaban J connectivity index is 1.72. The van der Waals surface area contributed by atoms with Gasteiger partial charge in [-0.15, -0.1) is 0 Å². The highest BCUT2D eigenvalue weighted by Crippen LogP contribution is 2.14. The minimum Gasteiger partial charge on any atom is -0.467 e. The lowest BCUT2D eigenvalue weighted by atomic mass is 10.1. The molecule has 3 rings (SSSR count). The third kappa shape index (κ3) is 7.00. The number of urea groups is 1. The van der Waals surface area contributed by atoms with Gasteiger partial charge in [0.25, 0.3) is 0 Å². The molecule has 33 heavy (non-hydrogen) atoms. The molecule has 0 bridgehead atoms. The molecule has 0 radical (unpaired) electrons. The van der Waals surface area contributed by atoms with E-state index in [1.54, 1.807) is 16.1 Å². The van der Waals surface area contributed by atoms with Gasteiger partial charge in [0, 0.05) is 31.2 Å². The number of carbonyl (C=O) groups excluding carboxylic acids is 2. The van der Waals surface area contributed by atoms with Crippen LogP contribution in [0.5, 0.6) is 0 Å². The molecular weight excluding hydrogens is 416 g/mol. The van der Waals surface area contributed by atoms with Crippen molar-refractivity contribution < 1.29 is 14.0 Å². The van der Waals surface area contributed by atoms with E-state index in [1.165, 1.54) is 5.56 Å². The molecule has 0 fully saturated rings. The highest BCUT2D eigenvalue weighted by molar-refractivity contribution is 5.92. The number of nitrogens with zero attached hydrogens (tertiary/aromatic N) is 3. The molecule has 0 spiro atoms. The monoisotopic (exact) mass is 450 g/mol. The molecule has 1 aromatic carbocycles. The van der Waals surface area contributed by atoms with E-state index in [2.05, 4.69) is 19.2 Å². The first-order valence-corrected chi connectivity index (χ1v) is 11.5. The van der Waals surface area contributed by atoms with Crippen molar-refractivity contribution in [3.05, 3.63) is 78.0 Å². The third-order valence-corrected chi connectivity index (χ3v) is 5.69. The van der Waals surface area contributed by atoms with Gasteiger partial charge in [-0.2, -0.15) is 0 Å². The molecule has 0 unspecified atom stereocenters. The zero-order valence-corrected chi connectivity index (χ0v) is 19.8. The number of unbranched alkanes of at least 4 members (excludes halogenated alkanes) is 1. The molecule has 0 aliphatic rings. The van der Waals surface area contributed by atoms with E-state index in [0.717, 1.165) is 30.6 Å². The van der Waals surface area contributed by atoms with Crippen LogP contribution in [-0.2, 0) is 31.4 Å². The zero-order valence-electron chi connectivity index (χ0n) is 19.8. The van der Waals surface area contributed by atoms with Crippen LogP contribution in [0.2, 0.25) is 0 Å². The number of furan rings is 1. The fourth-order valence-electron chi connectivity index (χ4n) is 3.57. The molecule has 1 N–H and O–H groups in total. The van der Waals surface area contributed by atoms with Crippen LogP contribution in [0.25, 0.3) is 0 Å². The number of anilines is 1. The second kappa shape index (κ2) is 11.9. The van der Waals surface area contributed by atoms with E-state index in [4.69, 9.17) is 4.42 Å². The lowest BCUT2D eigenvalue weighted by molar-refractivity contribution is -0.133. The molecule has 0 saturated carbocycles. The summed E-state index contributed by atoms with van der Waals surface area (Å²) in [6, 6.07) is 15.1. The molecule has 0 aliphatic carbocycles. The van der Waals surface area contributed by atoms with E-state index in [1.807, 2.05) is 66.3 Å². The summed E-state index contributed by atoms with van der Waals surface area (Å²) < 4.78 is 7.48. The fraction of sp³-hybridized carbons (Fsp3) is 0.385. The summed E-state index contributed by atoms with van der Waals surface area (Å²) >= 11 is 0. The van der Waals surface area contributed by atoms with Crippen molar-refractivity contribution in [3.63, 3.8) is 0 Å². The number of amides is 3. The SMILES string of the molecule is CCCCN(CC(=O)N(Cc1ccco1)Cc1cccn1C)C(=O)Nc1ccc(CC)cc1. The Labute approximate surface area is 196 Å². The predicted molar refractivity (Wildman–Crippen MR) is 130 cm³/mol. The van der Waals surface area contributed by atoms with Crippen molar-refractivity contribution in [2.24, 2.45) is 7.05 Å². The van der Waals surface area contributed by atoms with Gasteiger partial charge in [-0.25, -0.2) is 4.79 Å². The van der Waals surface area contributed by atoms with Crippen LogP contribution in [0.4, 0.5) is 10.5 Å². The smallest absolute Gasteiger partial charge is 0.322 e. The van der Waals surface area contributed by atoms with Gasteiger partial charge < -0.3 is 24.1 Å². The van der Waals surface area contributed by atoms with Crippen LogP contribution in [0.1, 0.15) is 43.7 Å². The van der Waals surface area contributed by atoms with E-state index < -0.39 is 0 Å². The van der Waals surface area contributed by atoms with Crippen molar-refractivity contribution in [2.75, 3.05) is 18.4 Å². The van der Waals surface area contributed by atoms with E-state index in [0.29, 0.717) is 25.4 Å². The van der Waals surface area contributed by atoms with Crippen molar-refractivity contribution in [1.29, 1.82) is 0 Å². The van der Waals surface area contributed by atoms with Crippen LogP contribution in [0.3, 0.4) is 0 Å². The summed E-state index contributed by atoms with van der Waals surface area (Å²) in [6.07, 6.45) is 6.26. The second-order valence-electron chi connectivity index (χ2n) is 8.20. The molecule has 0 atom stereocenters. The Morgan fingerprint density at radius 3 is 2.39 bits per heavy atom. The summed E-state index contributed by atoms with van der Waals surface area (Å²) in [6.45, 7) is 5.46. The first-order valence-electron chi connectivity index (χ1n) is 11.5. The number of rotatable bonds is 11. The summed E-state index contributed by atoms with van der Waals surface area (Å²) in [4.78, 5) is 29.7. The summed E-state index contributed by atoms with van der Waals surface area (Å²) in [5.74, 6) is 0.582. The minimum atomic E-state index is -0.266. The number of carbonyl (C=O) groups is 2. The molecule has 0 saturated heterocycles. The topological polar surface area (TPSA) is 70.7 Å². The van der Waals surface area contributed by atoms with Crippen LogP contribution in [-0.4, -0.2) is 39.4 Å². The Morgan fingerprint density at radius 1 is 1.00 bits per heavy atom. The third-order valence-electron chi connectivity index (χ3n) is 5.69. The van der Waals surface area contributed by atoms with Gasteiger partial charge in [0.15, 0.2) is 0 Å². The standard InChI is InChI=1S/C26H34N4O3/c1-4-6-16-29(26(32)27-22-13-11-21(5-2)12-14-22)20-25(31)30(19-24-10-8-17-33-24)18-23-9-7-15-28(23)3/h7-15,17H,4-6,16,18-20H2,1-3H3,(H,27,32). The number of aryl methyl sites for hydroxylation is 2. The number of nitrogens with one attached hydrogen (secondary N) is 1. The first kappa shape index (κ1) is 24.2. The normalized spacial score (nSPS) is 10.8. The maximum Gasteiger partial charge on any atom is 0.322 e.